The number of ether oxygens (including phenoxy) is 1. The Balaban J connectivity index is 2.62. The van der Waals surface area contributed by atoms with Crippen LogP contribution in [0, 0.1) is 11.6 Å². The third-order valence-corrected chi connectivity index (χ3v) is 3.47. The van der Waals surface area contributed by atoms with Crippen molar-refractivity contribution >= 4 is 10.0 Å². The summed E-state index contributed by atoms with van der Waals surface area (Å²) in [7, 11) is -5.49. The molecule has 0 atom stereocenters. The van der Waals surface area contributed by atoms with Crippen LogP contribution in [-0.4, -0.2) is 27.1 Å². The summed E-state index contributed by atoms with van der Waals surface area (Å²) in [5, 5.41) is 0. The molecule has 1 rings (SSSR count). The summed E-state index contributed by atoms with van der Waals surface area (Å²) in [6.07, 6.45) is 0. The normalized spacial score (nSPS) is 12.5. The molecule has 120 valence electrons. The highest BCUT2D eigenvalue weighted by molar-refractivity contribution is 7.90. The maximum atomic E-state index is 13.3. The first-order valence-electron chi connectivity index (χ1n) is 5.45. The summed E-state index contributed by atoms with van der Waals surface area (Å²) in [6.45, 7) is -1.55. The average Bonchev–Trinajstić information content (AvgIpc) is 2.35. The molecule has 5 nitrogen and oxygen atoms in total. The fourth-order valence-electron chi connectivity index (χ4n) is 1.26. The maximum absolute atomic E-state index is 13.3. The minimum atomic E-state index is -5.49. The highest BCUT2D eigenvalue weighted by atomic mass is 32.2. The Labute approximate surface area is 116 Å². The van der Waals surface area contributed by atoms with E-state index < -0.39 is 46.1 Å². The molecule has 0 aliphatic rings. The van der Waals surface area contributed by atoms with Crippen molar-refractivity contribution in [2.75, 3.05) is 13.2 Å². The van der Waals surface area contributed by atoms with E-state index in [1.807, 2.05) is 0 Å². The van der Waals surface area contributed by atoms with Crippen LogP contribution in [0.25, 0.3) is 0 Å². The molecule has 0 aliphatic carbocycles. The Kier molecular flexibility index (Phi) is 5.48. The quantitative estimate of drug-likeness (QED) is 0.606. The number of hydrogen-bond acceptors (Lipinski definition) is 4. The van der Waals surface area contributed by atoms with Crippen molar-refractivity contribution in [3.8, 4) is 5.75 Å². The molecule has 11 heteroatoms. The van der Waals surface area contributed by atoms with E-state index in [-0.39, 0.29) is 12.1 Å². The van der Waals surface area contributed by atoms with E-state index in [4.69, 9.17) is 10.5 Å². The zero-order chi connectivity index (χ0) is 16.3. The molecule has 1 aromatic carbocycles. The van der Waals surface area contributed by atoms with Gasteiger partial charge in [0.05, 0.1) is 0 Å². The number of sulfonamides is 1. The van der Waals surface area contributed by atoms with E-state index in [1.54, 1.807) is 0 Å². The second kappa shape index (κ2) is 6.54. The first-order valence-corrected chi connectivity index (χ1v) is 6.93. The van der Waals surface area contributed by atoms with Crippen LogP contribution in [0.2, 0.25) is 0 Å². The van der Waals surface area contributed by atoms with Crippen molar-refractivity contribution in [3.05, 3.63) is 29.3 Å². The van der Waals surface area contributed by atoms with Gasteiger partial charge < -0.3 is 10.5 Å². The molecule has 0 radical (unpaired) electrons. The minimum absolute atomic E-state index is 0.0535. The molecule has 0 saturated carbocycles. The lowest BCUT2D eigenvalue weighted by molar-refractivity contribution is -0.0448. The largest absolute Gasteiger partial charge is 0.511 e. The summed E-state index contributed by atoms with van der Waals surface area (Å²) in [5.74, 6) is -2.41. The van der Waals surface area contributed by atoms with Gasteiger partial charge in [0, 0.05) is 24.7 Å². The average molecular weight is 334 g/mol. The van der Waals surface area contributed by atoms with Gasteiger partial charge in [0.15, 0.2) is 11.6 Å². The van der Waals surface area contributed by atoms with Crippen molar-refractivity contribution < 1.29 is 35.1 Å². The fourth-order valence-corrected chi connectivity index (χ4v) is 1.77. The molecule has 0 unspecified atom stereocenters. The Morgan fingerprint density at radius 3 is 2.33 bits per heavy atom. The molecule has 21 heavy (non-hydrogen) atoms. The van der Waals surface area contributed by atoms with Crippen LogP contribution in [0.3, 0.4) is 0 Å². The molecule has 3 N–H and O–H groups in total. The predicted molar refractivity (Wildman–Crippen MR) is 62.7 cm³/mol. The van der Waals surface area contributed by atoms with Crippen molar-refractivity contribution in [2.45, 2.75) is 12.1 Å². The molecule has 0 aliphatic heterocycles. The fraction of sp³-hybridized carbons (Fsp3) is 0.400. The summed E-state index contributed by atoms with van der Waals surface area (Å²) >= 11 is 0. The Morgan fingerprint density at radius 2 is 1.81 bits per heavy atom. The number of rotatable bonds is 6. The van der Waals surface area contributed by atoms with Crippen LogP contribution >= 0.6 is 0 Å². The van der Waals surface area contributed by atoms with Gasteiger partial charge in [-0.2, -0.15) is 13.2 Å². The smallest absolute Gasteiger partial charge is 0.489 e. The number of halogens is 5. The molecule has 0 spiro atoms. The lowest BCUT2D eigenvalue weighted by Crippen LogP contribution is -2.38. The lowest BCUT2D eigenvalue weighted by Gasteiger charge is -2.11. The van der Waals surface area contributed by atoms with E-state index in [1.165, 1.54) is 4.72 Å². The Bertz CT molecular complexity index is 603. The van der Waals surface area contributed by atoms with E-state index in [0.717, 1.165) is 6.07 Å². The first kappa shape index (κ1) is 17.6. The van der Waals surface area contributed by atoms with E-state index >= 15 is 0 Å². The lowest BCUT2D eigenvalue weighted by atomic mass is 10.2. The molecular formula is C10H11F5N2O3S. The van der Waals surface area contributed by atoms with Gasteiger partial charge in [0.1, 0.15) is 12.4 Å². The zero-order valence-electron chi connectivity index (χ0n) is 10.4. The third-order valence-electron chi connectivity index (χ3n) is 2.28. The molecule has 0 saturated heterocycles. The highest BCUT2D eigenvalue weighted by Crippen LogP contribution is 2.22. The van der Waals surface area contributed by atoms with Gasteiger partial charge in [-0.3, -0.25) is 0 Å². The Morgan fingerprint density at radius 1 is 1.19 bits per heavy atom. The number of nitrogens with two attached hydrogens (primary N) is 1. The Hall–Kier alpha value is -1.46. The third kappa shape index (κ3) is 4.51. The van der Waals surface area contributed by atoms with Crippen molar-refractivity contribution in [1.29, 1.82) is 0 Å². The first-order chi connectivity index (χ1) is 9.58. The number of benzene rings is 1. The van der Waals surface area contributed by atoms with Crippen molar-refractivity contribution in [2.24, 2.45) is 5.73 Å². The maximum Gasteiger partial charge on any atom is 0.511 e. The van der Waals surface area contributed by atoms with Gasteiger partial charge in [0.25, 0.3) is 0 Å². The van der Waals surface area contributed by atoms with Crippen molar-refractivity contribution in [3.63, 3.8) is 0 Å². The van der Waals surface area contributed by atoms with E-state index in [0.29, 0.717) is 6.07 Å². The molecule has 1 aromatic rings. The predicted octanol–water partition coefficient (Wildman–Crippen LogP) is 1.24. The van der Waals surface area contributed by atoms with Gasteiger partial charge in [-0.05, 0) is 6.07 Å². The summed E-state index contributed by atoms with van der Waals surface area (Å²) in [6, 6.07) is 1.46. The van der Waals surface area contributed by atoms with Crippen LogP contribution in [0.5, 0.6) is 5.75 Å². The van der Waals surface area contributed by atoms with Crippen LogP contribution in [0.4, 0.5) is 22.0 Å². The monoisotopic (exact) mass is 334 g/mol. The standard InChI is InChI=1S/C10H11F5N2O3S/c11-7-4-8(12)9(3-6(7)5-16)20-2-1-17-21(18,19)10(13,14)15/h3-4,17H,1-2,5,16H2. The minimum Gasteiger partial charge on any atom is -0.489 e. The topological polar surface area (TPSA) is 81.4 Å². The van der Waals surface area contributed by atoms with Gasteiger partial charge >= 0.3 is 15.5 Å². The zero-order valence-corrected chi connectivity index (χ0v) is 11.2. The second-order valence-corrected chi connectivity index (χ2v) is 5.53. The molecule has 0 aromatic heterocycles. The van der Waals surface area contributed by atoms with Crippen LogP contribution < -0.4 is 15.2 Å². The van der Waals surface area contributed by atoms with E-state index in [2.05, 4.69) is 0 Å². The second-order valence-electron chi connectivity index (χ2n) is 3.77. The number of alkyl halides is 3. The molecule has 0 bridgehead atoms. The van der Waals surface area contributed by atoms with Crippen LogP contribution in [0.15, 0.2) is 12.1 Å². The van der Waals surface area contributed by atoms with Gasteiger partial charge in [-0.1, -0.05) is 0 Å². The van der Waals surface area contributed by atoms with Gasteiger partial charge in [0.2, 0.25) is 0 Å². The van der Waals surface area contributed by atoms with Crippen LogP contribution in [0.1, 0.15) is 5.56 Å². The summed E-state index contributed by atoms with van der Waals surface area (Å²) < 4.78 is 89.6. The van der Waals surface area contributed by atoms with E-state index in [9.17, 15) is 30.4 Å². The highest BCUT2D eigenvalue weighted by Gasteiger charge is 2.45. The van der Waals surface area contributed by atoms with Gasteiger partial charge in [-0.25, -0.2) is 21.9 Å². The van der Waals surface area contributed by atoms with Crippen molar-refractivity contribution in [1.82, 2.24) is 4.72 Å². The molecule has 0 heterocycles. The number of nitrogens with one attached hydrogen (secondary N) is 1. The molecule has 0 fully saturated rings. The SMILES string of the molecule is NCc1cc(OCCNS(=O)(=O)C(F)(F)F)c(F)cc1F. The molecular weight excluding hydrogens is 323 g/mol. The number of hydrogen-bond donors (Lipinski definition) is 2. The summed E-state index contributed by atoms with van der Waals surface area (Å²) in [4.78, 5) is 0. The summed E-state index contributed by atoms with van der Waals surface area (Å²) in [5.41, 5.74) is -0.302. The molecule has 0 amide bonds. The van der Waals surface area contributed by atoms with Gasteiger partial charge in [-0.15, -0.1) is 0 Å². The van der Waals surface area contributed by atoms with Crippen LogP contribution in [-0.2, 0) is 16.6 Å².